The van der Waals surface area contributed by atoms with Crippen LogP contribution >= 0.6 is 11.6 Å². The van der Waals surface area contributed by atoms with Crippen LogP contribution in [0.15, 0.2) is 18.2 Å². The van der Waals surface area contributed by atoms with Crippen LogP contribution in [0, 0.1) is 12.8 Å². The Hall–Kier alpha value is -1.10. The van der Waals surface area contributed by atoms with Crippen molar-refractivity contribution in [2.45, 2.75) is 45.2 Å². The molecule has 2 aliphatic rings. The highest BCUT2D eigenvalue weighted by atomic mass is 35.5. The van der Waals surface area contributed by atoms with Gasteiger partial charge in [-0.05, 0) is 49.3 Å². The van der Waals surface area contributed by atoms with Crippen molar-refractivity contribution < 1.29 is 9.90 Å². The zero-order chi connectivity index (χ0) is 17.1. The van der Waals surface area contributed by atoms with Gasteiger partial charge in [0.2, 0.25) is 5.91 Å². The number of carbonyl (C=O) groups is 1. The molecule has 1 aromatic rings. The molecule has 5 heteroatoms. The quantitative estimate of drug-likeness (QED) is 0.888. The number of benzene rings is 1. The summed E-state index contributed by atoms with van der Waals surface area (Å²) in [6.45, 7) is 5.87. The van der Waals surface area contributed by atoms with Crippen LogP contribution in [0.2, 0.25) is 5.02 Å². The number of rotatable bonds is 5. The van der Waals surface area contributed by atoms with Gasteiger partial charge >= 0.3 is 0 Å². The second kappa shape index (κ2) is 7.85. The number of hydrogen-bond donors (Lipinski definition) is 1. The van der Waals surface area contributed by atoms with Crippen LogP contribution in [-0.4, -0.2) is 53.1 Å². The fourth-order valence-corrected chi connectivity index (χ4v) is 4.47. The Labute approximate surface area is 149 Å². The number of piperidine rings is 2. The van der Waals surface area contributed by atoms with Crippen molar-refractivity contribution in [2.75, 3.05) is 26.2 Å². The van der Waals surface area contributed by atoms with Crippen molar-refractivity contribution in [3.05, 3.63) is 34.3 Å². The lowest BCUT2D eigenvalue weighted by Crippen LogP contribution is -2.56. The van der Waals surface area contributed by atoms with E-state index in [-0.39, 0.29) is 12.5 Å². The molecule has 0 aliphatic carbocycles. The highest BCUT2D eigenvalue weighted by Gasteiger charge is 2.38. The maximum Gasteiger partial charge on any atom is 0.222 e. The van der Waals surface area contributed by atoms with Gasteiger partial charge in [0, 0.05) is 50.3 Å². The number of hydrogen-bond acceptors (Lipinski definition) is 3. The van der Waals surface area contributed by atoms with Gasteiger partial charge < -0.3 is 10.0 Å². The van der Waals surface area contributed by atoms with Crippen LogP contribution in [-0.2, 0) is 11.3 Å². The molecule has 0 spiro atoms. The maximum atomic E-state index is 12.2. The first-order valence-corrected chi connectivity index (χ1v) is 9.34. The number of halogens is 1. The summed E-state index contributed by atoms with van der Waals surface area (Å²) in [6, 6.07) is 6.43. The average molecular weight is 351 g/mol. The predicted octanol–water partition coefficient (Wildman–Crippen LogP) is 2.84. The monoisotopic (exact) mass is 350 g/mol. The topological polar surface area (TPSA) is 43.8 Å². The number of nitrogens with zero attached hydrogens (tertiary/aromatic N) is 2. The van der Waals surface area contributed by atoms with Crippen LogP contribution in [0.25, 0.3) is 0 Å². The number of amides is 1. The van der Waals surface area contributed by atoms with Crippen molar-refractivity contribution in [3.8, 4) is 0 Å². The number of aliphatic hydroxyl groups is 1. The molecule has 4 nitrogen and oxygen atoms in total. The van der Waals surface area contributed by atoms with Crippen molar-refractivity contribution in [2.24, 2.45) is 5.92 Å². The van der Waals surface area contributed by atoms with E-state index >= 15 is 0 Å². The fraction of sp³-hybridized carbons (Fsp3) is 0.632. The van der Waals surface area contributed by atoms with E-state index in [9.17, 15) is 4.79 Å². The zero-order valence-electron chi connectivity index (χ0n) is 14.4. The Bertz CT molecular complexity index is 572. The summed E-state index contributed by atoms with van der Waals surface area (Å²) >= 11 is 6.38. The number of aliphatic hydroxyl groups excluding tert-OH is 1. The average Bonchev–Trinajstić information content (AvgIpc) is 2.57. The lowest BCUT2D eigenvalue weighted by Gasteiger charge is -2.47. The lowest BCUT2D eigenvalue weighted by molar-refractivity contribution is -0.141. The van der Waals surface area contributed by atoms with Gasteiger partial charge in [0.15, 0.2) is 0 Å². The molecule has 2 aliphatic heterocycles. The standard InChI is InChI=1S/C19H27ClN2O2/c1-14-4-2-5-17(20)16(14)13-21-10-8-18-15(12-21)6-7-19(24)22(18)9-3-11-23/h2,4-5,15,18,23H,3,6-13H2,1H3/t15-,18+/m0/s1. The first kappa shape index (κ1) is 17.7. The van der Waals surface area contributed by atoms with E-state index < -0.39 is 0 Å². The van der Waals surface area contributed by atoms with E-state index in [1.54, 1.807) is 0 Å². The summed E-state index contributed by atoms with van der Waals surface area (Å²) < 4.78 is 0. The Morgan fingerprint density at radius 1 is 1.33 bits per heavy atom. The predicted molar refractivity (Wildman–Crippen MR) is 96.0 cm³/mol. The van der Waals surface area contributed by atoms with Crippen LogP contribution in [0.4, 0.5) is 0 Å². The normalized spacial score (nSPS) is 25.0. The SMILES string of the molecule is Cc1cccc(Cl)c1CN1CC[C@@H]2[C@@H](CCC(=O)N2CCCO)C1. The summed E-state index contributed by atoms with van der Waals surface area (Å²) in [5, 5.41) is 9.93. The molecular weight excluding hydrogens is 324 g/mol. The summed E-state index contributed by atoms with van der Waals surface area (Å²) in [7, 11) is 0. The van der Waals surface area contributed by atoms with E-state index in [0.29, 0.717) is 31.3 Å². The number of carbonyl (C=O) groups excluding carboxylic acids is 1. The third kappa shape index (κ3) is 3.76. The van der Waals surface area contributed by atoms with E-state index in [4.69, 9.17) is 16.7 Å². The Balaban J connectivity index is 1.65. The third-order valence-corrected chi connectivity index (χ3v) is 5.87. The highest BCUT2D eigenvalue weighted by molar-refractivity contribution is 6.31. The van der Waals surface area contributed by atoms with Gasteiger partial charge in [0.1, 0.15) is 0 Å². The van der Waals surface area contributed by atoms with Crippen molar-refractivity contribution >= 4 is 17.5 Å². The molecule has 2 fully saturated rings. The molecule has 0 aromatic heterocycles. The molecule has 0 bridgehead atoms. The van der Waals surface area contributed by atoms with E-state index in [1.807, 2.05) is 17.0 Å². The summed E-state index contributed by atoms with van der Waals surface area (Å²) in [5.41, 5.74) is 2.47. The molecule has 0 unspecified atom stereocenters. The van der Waals surface area contributed by atoms with Crippen molar-refractivity contribution in [1.82, 2.24) is 9.80 Å². The summed E-state index contributed by atoms with van der Waals surface area (Å²) in [6.07, 6.45) is 3.32. The molecule has 2 heterocycles. The fourth-order valence-electron chi connectivity index (χ4n) is 4.19. The molecule has 0 saturated carbocycles. The van der Waals surface area contributed by atoms with Crippen LogP contribution < -0.4 is 0 Å². The molecule has 1 amide bonds. The number of aryl methyl sites for hydroxylation is 1. The molecule has 3 rings (SSSR count). The third-order valence-electron chi connectivity index (χ3n) is 5.52. The Kier molecular flexibility index (Phi) is 5.80. The van der Waals surface area contributed by atoms with E-state index in [2.05, 4.69) is 17.9 Å². The molecule has 2 atom stereocenters. The maximum absolute atomic E-state index is 12.2. The van der Waals surface area contributed by atoms with Gasteiger partial charge in [-0.2, -0.15) is 0 Å². The van der Waals surface area contributed by atoms with Crippen LogP contribution in [0.5, 0.6) is 0 Å². The molecule has 1 N–H and O–H groups in total. The number of fused-ring (bicyclic) bond motifs is 1. The number of likely N-dealkylation sites (tertiary alicyclic amines) is 2. The van der Waals surface area contributed by atoms with Gasteiger partial charge in [0.25, 0.3) is 0 Å². The summed E-state index contributed by atoms with van der Waals surface area (Å²) in [4.78, 5) is 16.7. The lowest BCUT2D eigenvalue weighted by atomic mass is 9.83. The largest absolute Gasteiger partial charge is 0.396 e. The van der Waals surface area contributed by atoms with Gasteiger partial charge in [0.05, 0.1) is 0 Å². The molecule has 0 radical (unpaired) electrons. The van der Waals surface area contributed by atoms with Gasteiger partial charge in [-0.15, -0.1) is 0 Å². The zero-order valence-corrected chi connectivity index (χ0v) is 15.1. The molecule has 2 saturated heterocycles. The molecular formula is C19H27ClN2O2. The minimum atomic E-state index is 0.152. The van der Waals surface area contributed by atoms with Crippen LogP contribution in [0.3, 0.4) is 0 Å². The molecule has 1 aromatic carbocycles. The minimum Gasteiger partial charge on any atom is -0.396 e. The highest BCUT2D eigenvalue weighted by Crippen LogP contribution is 2.33. The summed E-state index contributed by atoms with van der Waals surface area (Å²) in [5.74, 6) is 0.804. The minimum absolute atomic E-state index is 0.152. The van der Waals surface area contributed by atoms with E-state index in [0.717, 1.165) is 37.5 Å². The second-order valence-electron chi connectivity index (χ2n) is 7.09. The van der Waals surface area contributed by atoms with Crippen molar-refractivity contribution in [1.29, 1.82) is 0 Å². The Morgan fingerprint density at radius 3 is 2.92 bits per heavy atom. The first-order valence-electron chi connectivity index (χ1n) is 8.97. The van der Waals surface area contributed by atoms with Crippen LogP contribution in [0.1, 0.15) is 36.8 Å². The Morgan fingerprint density at radius 2 is 2.17 bits per heavy atom. The van der Waals surface area contributed by atoms with Gasteiger partial charge in [-0.25, -0.2) is 0 Å². The van der Waals surface area contributed by atoms with Gasteiger partial charge in [-0.1, -0.05) is 23.7 Å². The van der Waals surface area contributed by atoms with Crippen molar-refractivity contribution in [3.63, 3.8) is 0 Å². The first-order chi connectivity index (χ1) is 11.6. The smallest absolute Gasteiger partial charge is 0.222 e. The molecule has 132 valence electrons. The second-order valence-corrected chi connectivity index (χ2v) is 7.50. The van der Waals surface area contributed by atoms with Gasteiger partial charge in [-0.3, -0.25) is 9.69 Å². The van der Waals surface area contributed by atoms with E-state index in [1.165, 1.54) is 11.1 Å². The molecule has 24 heavy (non-hydrogen) atoms.